The lowest BCUT2D eigenvalue weighted by atomic mass is 10.0. The number of para-hydroxylation sites is 2. The molecule has 270 valence electrons. The van der Waals surface area contributed by atoms with Crippen LogP contribution in [0, 0.1) is 0 Å². The van der Waals surface area contributed by atoms with Gasteiger partial charge in [0, 0.05) is 54.8 Å². The zero-order valence-corrected chi connectivity index (χ0v) is 31.4. The van der Waals surface area contributed by atoms with Crippen molar-refractivity contribution in [1.82, 2.24) is 19.1 Å². The zero-order chi connectivity index (χ0) is 38.2. The average molecular weight is 739 g/mol. The molecule has 0 bridgehead atoms. The predicted molar refractivity (Wildman–Crippen MR) is 242 cm³/mol. The zero-order valence-electron chi connectivity index (χ0n) is 31.4. The SMILES string of the molecule is c1ccc(-c2ccc(-n3c4ccccc4c4c5c6ccc7ccccc7c6n(-c6cccc(-c7nc(-c8ccccc8)c8ccccc8n7)c6)c5ccc43)cc2)cc1. The first kappa shape index (κ1) is 32.4. The van der Waals surface area contributed by atoms with E-state index >= 15 is 0 Å². The number of rotatable bonds is 5. The molecule has 4 heteroatoms. The summed E-state index contributed by atoms with van der Waals surface area (Å²) in [6.07, 6.45) is 0. The fourth-order valence-corrected chi connectivity index (χ4v) is 9.11. The fourth-order valence-electron chi connectivity index (χ4n) is 9.11. The van der Waals surface area contributed by atoms with E-state index in [0.717, 1.165) is 44.6 Å². The molecule has 0 radical (unpaired) electrons. The third kappa shape index (κ3) is 4.95. The van der Waals surface area contributed by atoms with Gasteiger partial charge in [0.1, 0.15) is 0 Å². The fraction of sp³-hybridized carbons (Fsp3) is 0. The molecule has 4 nitrogen and oxygen atoms in total. The molecule has 9 aromatic carbocycles. The molecule has 12 rings (SSSR count). The molecule has 58 heavy (non-hydrogen) atoms. The summed E-state index contributed by atoms with van der Waals surface area (Å²) in [6.45, 7) is 0. The van der Waals surface area contributed by atoms with Crippen LogP contribution in [0.25, 0.3) is 110 Å². The van der Waals surface area contributed by atoms with Crippen LogP contribution in [0.5, 0.6) is 0 Å². The van der Waals surface area contributed by atoms with E-state index in [2.05, 4.69) is 203 Å². The van der Waals surface area contributed by atoms with Crippen molar-refractivity contribution in [2.45, 2.75) is 0 Å². The molecule has 12 aromatic rings. The van der Waals surface area contributed by atoms with Crippen molar-refractivity contribution >= 4 is 65.3 Å². The summed E-state index contributed by atoms with van der Waals surface area (Å²) >= 11 is 0. The van der Waals surface area contributed by atoms with E-state index in [1.807, 2.05) is 12.1 Å². The van der Waals surface area contributed by atoms with Gasteiger partial charge in [0.05, 0.1) is 33.3 Å². The van der Waals surface area contributed by atoms with E-state index in [1.54, 1.807) is 0 Å². The van der Waals surface area contributed by atoms with Crippen LogP contribution >= 0.6 is 0 Å². The molecule has 0 aliphatic heterocycles. The normalized spacial score (nSPS) is 11.8. The quantitative estimate of drug-likeness (QED) is 0.176. The second-order valence-corrected chi connectivity index (χ2v) is 15.0. The maximum absolute atomic E-state index is 5.24. The molecule has 3 aromatic heterocycles. The van der Waals surface area contributed by atoms with Crippen LogP contribution in [-0.4, -0.2) is 19.1 Å². The molecule has 0 aliphatic rings. The first-order valence-corrected chi connectivity index (χ1v) is 19.8. The Morgan fingerprint density at radius 1 is 0.328 bits per heavy atom. The molecule has 0 saturated heterocycles. The molecule has 0 amide bonds. The molecule has 0 spiro atoms. The summed E-state index contributed by atoms with van der Waals surface area (Å²) in [5, 5.41) is 8.40. The molecular weight excluding hydrogens is 705 g/mol. The highest BCUT2D eigenvalue weighted by Gasteiger charge is 2.22. The van der Waals surface area contributed by atoms with Crippen molar-refractivity contribution in [3.05, 3.63) is 206 Å². The highest BCUT2D eigenvalue weighted by molar-refractivity contribution is 6.31. The first-order valence-electron chi connectivity index (χ1n) is 19.8. The summed E-state index contributed by atoms with van der Waals surface area (Å²) in [5.74, 6) is 0.703. The van der Waals surface area contributed by atoms with E-state index in [4.69, 9.17) is 9.97 Å². The van der Waals surface area contributed by atoms with Crippen molar-refractivity contribution < 1.29 is 0 Å². The minimum atomic E-state index is 0.703. The van der Waals surface area contributed by atoms with Crippen LogP contribution in [-0.2, 0) is 0 Å². The topological polar surface area (TPSA) is 35.6 Å². The summed E-state index contributed by atoms with van der Waals surface area (Å²) in [5.41, 5.74) is 13.2. The number of aromatic nitrogens is 4. The number of hydrogen-bond donors (Lipinski definition) is 0. The molecule has 0 saturated carbocycles. The third-order valence-electron chi connectivity index (χ3n) is 11.7. The monoisotopic (exact) mass is 738 g/mol. The van der Waals surface area contributed by atoms with Gasteiger partial charge in [-0.15, -0.1) is 0 Å². The molecule has 0 unspecified atom stereocenters. The van der Waals surface area contributed by atoms with E-state index < -0.39 is 0 Å². The lowest BCUT2D eigenvalue weighted by Crippen LogP contribution is -1.98. The Bertz CT molecular complexity index is 3540. The van der Waals surface area contributed by atoms with E-state index in [9.17, 15) is 0 Å². The van der Waals surface area contributed by atoms with Gasteiger partial charge < -0.3 is 9.13 Å². The maximum atomic E-state index is 5.24. The van der Waals surface area contributed by atoms with Crippen LogP contribution in [0.4, 0.5) is 0 Å². The summed E-state index contributed by atoms with van der Waals surface area (Å²) < 4.78 is 4.88. The van der Waals surface area contributed by atoms with E-state index in [1.165, 1.54) is 60.0 Å². The van der Waals surface area contributed by atoms with Gasteiger partial charge in [-0.1, -0.05) is 158 Å². The van der Waals surface area contributed by atoms with Crippen LogP contribution in [0.15, 0.2) is 206 Å². The highest BCUT2D eigenvalue weighted by Crippen LogP contribution is 2.44. The number of nitrogens with zero attached hydrogens (tertiary/aromatic N) is 4. The Morgan fingerprint density at radius 2 is 0.948 bits per heavy atom. The standard InChI is InChI=1S/C54H34N4/c1-3-14-35(15-4-1)36-26-29-40(30-27-36)57-47-25-12-10-23-44(47)50-48(57)32-33-49-51(50)45-31-28-37-16-7-8-21-42(37)53(45)58(49)41-20-13-19-39(34-41)54-55-46-24-11-9-22-43(46)52(56-54)38-17-5-2-6-18-38/h1-34H. The predicted octanol–water partition coefficient (Wildman–Crippen LogP) is 14.0. The van der Waals surface area contributed by atoms with Gasteiger partial charge >= 0.3 is 0 Å². The van der Waals surface area contributed by atoms with Gasteiger partial charge in [0.2, 0.25) is 0 Å². The van der Waals surface area contributed by atoms with Crippen molar-refractivity contribution in [1.29, 1.82) is 0 Å². The van der Waals surface area contributed by atoms with Crippen LogP contribution in [0.2, 0.25) is 0 Å². The van der Waals surface area contributed by atoms with Crippen LogP contribution in [0.1, 0.15) is 0 Å². The van der Waals surface area contributed by atoms with Gasteiger partial charge in [0.25, 0.3) is 0 Å². The highest BCUT2D eigenvalue weighted by atomic mass is 15.0. The first-order chi connectivity index (χ1) is 28.8. The second-order valence-electron chi connectivity index (χ2n) is 15.0. The Hall–Kier alpha value is -7.82. The van der Waals surface area contributed by atoms with Crippen molar-refractivity contribution in [2.75, 3.05) is 0 Å². The van der Waals surface area contributed by atoms with E-state index in [0.29, 0.717) is 5.82 Å². The average Bonchev–Trinajstić information content (AvgIpc) is 3.82. The number of fused-ring (bicyclic) bond motifs is 10. The lowest BCUT2D eigenvalue weighted by Gasteiger charge is -2.13. The Morgan fingerprint density at radius 3 is 1.76 bits per heavy atom. The Labute approximate surface area is 334 Å². The van der Waals surface area contributed by atoms with Crippen LogP contribution in [0.3, 0.4) is 0 Å². The molecule has 0 N–H and O–H groups in total. The van der Waals surface area contributed by atoms with Gasteiger partial charge in [-0.3, -0.25) is 0 Å². The van der Waals surface area contributed by atoms with Crippen molar-refractivity contribution in [3.63, 3.8) is 0 Å². The molecular formula is C54H34N4. The van der Waals surface area contributed by atoms with Gasteiger partial charge in [-0.25, -0.2) is 9.97 Å². The number of benzene rings is 9. The summed E-state index contributed by atoms with van der Waals surface area (Å²) in [6, 6.07) is 73.8. The molecule has 0 fully saturated rings. The second kappa shape index (κ2) is 12.9. The van der Waals surface area contributed by atoms with Gasteiger partial charge in [-0.2, -0.15) is 0 Å². The Balaban J connectivity index is 1.12. The van der Waals surface area contributed by atoms with Crippen molar-refractivity contribution in [2.24, 2.45) is 0 Å². The summed E-state index contributed by atoms with van der Waals surface area (Å²) in [4.78, 5) is 10.4. The number of hydrogen-bond acceptors (Lipinski definition) is 2. The summed E-state index contributed by atoms with van der Waals surface area (Å²) in [7, 11) is 0. The van der Waals surface area contributed by atoms with Gasteiger partial charge in [-0.05, 0) is 65.0 Å². The third-order valence-corrected chi connectivity index (χ3v) is 11.7. The van der Waals surface area contributed by atoms with Gasteiger partial charge in [0.15, 0.2) is 5.82 Å². The largest absolute Gasteiger partial charge is 0.309 e. The van der Waals surface area contributed by atoms with Crippen molar-refractivity contribution in [3.8, 4) is 45.1 Å². The smallest absolute Gasteiger partial charge is 0.160 e. The van der Waals surface area contributed by atoms with E-state index in [-0.39, 0.29) is 0 Å². The molecule has 0 aliphatic carbocycles. The van der Waals surface area contributed by atoms with Crippen LogP contribution < -0.4 is 0 Å². The Kier molecular flexibility index (Phi) is 7.20. The maximum Gasteiger partial charge on any atom is 0.160 e. The minimum Gasteiger partial charge on any atom is -0.309 e. The lowest BCUT2D eigenvalue weighted by molar-refractivity contribution is 1.17. The molecule has 0 atom stereocenters. The molecule has 3 heterocycles. The minimum absolute atomic E-state index is 0.703.